The summed E-state index contributed by atoms with van der Waals surface area (Å²) in [5.41, 5.74) is 0.541. The molecule has 1 aromatic heterocycles. The zero-order valence-electron chi connectivity index (χ0n) is 14.5. The molecule has 0 aliphatic carbocycles. The zero-order chi connectivity index (χ0) is 19.3. The van der Waals surface area contributed by atoms with Crippen LogP contribution >= 0.6 is 0 Å². The fourth-order valence-corrected chi connectivity index (χ4v) is 2.54. The van der Waals surface area contributed by atoms with E-state index in [-0.39, 0.29) is 17.2 Å². The van der Waals surface area contributed by atoms with Crippen LogP contribution in [0.15, 0.2) is 36.4 Å². The van der Waals surface area contributed by atoms with Gasteiger partial charge in [-0.1, -0.05) is 19.1 Å². The second-order valence-corrected chi connectivity index (χ2v) is 5.86. The average molecular weight is 361 g/mol. The van der Waals surface area contributed by atoms with Crippen molar-refractivity contribution in [1.82, 2.24) is 9.88 Å². The first kappa shape index (κ1) is 19.4. The maximum absolute atomic E-state index is 12.8. The minimum atomic E-state index is -4.54. The summed E-state index contributed by atoms with van der Waals surface area (Å²) in [5.74, 6) is -0.366. The highest BCUT2D eigenvalue weighted by Gasteiger charge is 2.33. The van der Waals surface area contributed by atoms with Gasteiger partial charge in [0, 0.05) is 13.1 Å². The average Bonchev–Trinajstić information content (AvgIpc) is 2.60. The third-order valence-corrected chi connectivity index (χ3v) is 3.84. The molecule has 0 atom stereocenters. The summed E-state index contributed by atoms with van der Waals surface area (Å²) < 4.78 is 38.2. The number of rotatable bonds is 5. The highest BCUT2D eigenvalue weighted by atomic mass is 19.4. The highest BCUT2D eigenvalue weighted by molar-refractivity contribution is 5.95. The van der Waals surface area contributed by atoms with Gasteiger partial charge in [0.25, 0.3) is 5.91 Å². The number of amides is 1. The molecule has 0 aliphatic rings. The van der Waals surface area contributed by atoms with Gasteiger partial charge in [0.2, 0.25) is 0 Å². The second kappa shape index (κ2) is 8.00. The van der Waals surface area contributed by atoms with Crippen LogP contribution < -0.4 is 0 Å². The minimum absolute atomic E-state index is 0.0470. The molecule has 26 heavy (non-hydrogen) atoms. The van der Waals surface area contributed by atoms with Gasteiger partial charge in [-0.15, -0.1) is 0 Å². The first-order valence-electron chi connectivity index (χ1n) is 8.09. The summed E-state index contributed by atoms with van der Waals surface area (Å²) in [5, 5.41) is 8.84. The summed E-state index contributed by atoms with van der Waals surface area (Å²) in [7, 11) is 0. The van der Waals surface area contributed by atoms with E-state index in [1.54, 1.807) is 29.2 Å². The molecule has 0 aliphatic heterocycles. The molecule has 2 aromatic rings. The van der Waals surface area contributed by atoms with Crippen molar-refractivity contribution in [3.63, 3.8) is 0 Å². The van der Waals surface area contributed by atoms with Crippen LogP contribution in [0.1, 0.15) is 46.2 Å². The minimum Gasteiger partial charge on any atom is -0.334 e. The van der Waals surface area contributed by atoms with Crippen molar-refractivity contribution >= 4 is 5.91 Å². The van der Waals surface area contributed by atoms with Gasteiger partial charge in [0.1, 0.15) is 5.69 Å². The topological polar surface area (TPSA) is 57.0 Å². The molecule has 1 amide bonds. The molecule has 136 valence electrons. The molecule has 0 radical (unpaired) electrons. The number of nitriles is 1. The Hall–Kier alpha value is -2.88. The Balaban J connectivity index is 2.26. The number of pyridine rings is 1. The van der Waals surface area contributed by atoms with E-state index in [2.05, 4.69) is 4.98 Å². The Morgan fingerprint density at radius 3 is 2.35 bits per heavy atom. The van der Waals surface area contributed by atoms with E-state index in [0.29, 0.717) is 25.1 Å². The van der Waals surface area contributed by atoms with Crippen molar-refractivity contribution in [1.29, 1.82) is 5.26 Å². The number of carbonyl (C=O) groups is 1. The van der Waals surface area contributed by atoms with Crippen LogP contribution in [0.5, 0.6) is 0 Å². The van der Waals surface area contributed by atoms with Crippen LogP contribution in [0.4, 0.5) is 13.2 Å². The molecule has 0 saturated carbocycles. The second-order valence-electron chi connectivity index (χ2n) is 5.86. The van der Waals surface area contributed by atoms with Crippen molar-refractivity contribution in [2.24, 2.45) is 0 Å². The lowest BCUT2D eigenvalue weighted by molar-refractivity contribution is -0.141. The lowest BCUT2D eigenvalue weighted by atomic mass is 10.1. The molecular formula is C19H18F3N3O. The molecule has 2 rings (SSSR count). The van der Waals surface area contributed by atoms with Crippen LogP contribution in [0.3, 0.4) is 0 Å². The summed E-state index contributed by atoms with van der Waals surface area (Å²) in [6.07, 6.45) is -3.84. The first-order valence-corrected chi connectivity index (χ1v) is 8.09. The monoisotopic (exact) mass is 361 g/mol. The van der Waals surface area contributed by atoms with Crippen LogP contribution in [-0.4, -0.2) is 22.3 Å². The molecule has 0 fully saturated rings. The number of carbonyl (C=O) groups excluding carboxylic acids is 1. The third-order valence-electron chi connectivity index (χ3n) is 3.84. The fourth-order valence-electron chi connectivity index (χ4n) is 2.54. The van der Waals surface area contributed by atoms with Crippen molar-refractivity contribution in [3.8, 4) is 6.07 Å². The van der Waals surface area contributed by atoms with Crippen LogP contribution in [0.25, 0.3) is 0 Å². The van der Waals surface area contributed by atoms with Gasteiger partial charge in [-0.05, 0) is 43.2 Å². The Bertz CT molecular complexity index is 823. The normalized spacial score (nSPS) is 11.1. The van der Waals surface area contributed by atoms with Gasteiger partial charge < -0.3 is 4.90 Å². The SMILES string of the molecule is CCCN(Cc1ccc(C#N)cc1)C(=O)c1ccc(C(F)(F)F)nc1C. The quantitative estimate of drug-likeness (QED) is 0.796. The molecule has 0 saturated heterocycles. The summed E-state index contributed by atoms with van der Waals surface area (Å²) in [6.45, 7) is 4.07. The smallest absolute Gasteiger partial charge is 0.334 e. The van der Waals surface area contributed by atoms with Gasteiger partial charge in [0.05, 0.1) is 22.9 Å². The van der Waals surface area contributed by atoms with Gasteiger partial charge in [-0.25, -0.2) is 4.98 Å². The van der Waals surface area contributed by atoms with E-state index in [1.807, 2.05) is 13.0 Å². The van der Waals surface area contributed by atoms with Gasteiger partial charge in [-0.3, -0.25) is 4.79 Å². The van der Waals surface area contributed by atoms with E-state index in [1.165, 1.54) is 13.0 Å². The van der Waals surface area contributed by atoms with Crippen LogP contribution in [0, 0.1) is 18.3 Å². The van der Waals surface area contributed by atoms with Gasteiger partial charge >= 0.3 is 6.18 Å². The lowest BCUT2D eigenvalue weighted by Crippen LogP contribution is -2.32. The number of hydrogen-bond acceptors (Lipinski definition) is 3. The molecule has 1 aromatic carbocycles. The maximum Gasteiger partial charge on any atom is 0.433 e. The highest BCUT2D eigenvalue weighted by Crippen LogP contribution is 2.28. The molecule has 1 heterocycles. The van der Waals surface area contributed by atoms with E-state index < -0.39 is 11.9 Å². The predicted octanol–water partition coefficient (Wildman–Crippen LogP) is 4.33. The Morgan fingerprint density at radius 2 is 1.85 bits per heavy atom. The molecular weight excluding hydrogens is 343 g/mol. The molecule has 0 N–H and O–H groups in total. The Kier molecular flexibility index (Phi) is 5.98. The number of alkyl halides is 3. The number of aryl methyl sites for hydroxylation is 1. The number of aromatic nitrogens is 1. The van der Waals surface area contributed by atoms with E-state index >= 15 is 0 Å². The molecule has 7 heteroatoms. The van der Waals surface area contributed by atoms with Gasteiger partial charge in [0.15, 0.2) is 0 Å². The number of hydrogen-bond donors (Lipinski definition) is 0. The summed E-state index contributed by atoms with van der Waals surface area (Å²) in [4.78, 5) is 17.9. The largest absolute Gasteiger partial charge is 0.433 e. The maximum atomic E-state index is 12.8. The predicted molar refractivity (Wildman–Crippen MR) is 90.2 cm³/mol. The van der Waals surface area contributed by atoms with Crippen molar-refractivity contribution in [2.45, 2.75) is 33.0 Å². The fraction of sp³-hybridized carbons (Fsp3) is 0.316. The van der Waals surface area contributed by atoms with E-state index in [0.717, 1.165) is 11.6 Å². The van der Waals surface area contributed by atoms with E-state index in [9.17, 15) is 18.0 Å². The molecule has 0 unspecified atom stereocenters. The Labute approximate surface area is 149 Å². The number of benzene rings is 1. The summed E-state index contributed by atoms with van der Waals surface area (Å²) in [6, 6.07) is 10.9. The molecule has 4 nitrogen and oxygen atoms in total. The van der Waals surface area contributed by atoms with Crippen molar-refractivity contribution in [2.75, 3.05) is 6.54 Å². The van der Waals surface area contributed by atoms with E-state index in [4.69, 9.17) is 5.26 Å². The van der Waals surface area contributed by atoms with Crippen molar-refractivity contribution in [3.05, 3.63) is 64.5 Å². The molecule has 0 bridgehead atoms. The van der Waals surface area contributed by atoms with Crippen LogP contribution in [0.2, 0.25) is 0 Å². The standard InChI is InChI=1S/C19H18F3N3O/c1-3-10-25(12-15-6-4-14(11-23)5-7-15)18(26)16-8-9-17(19(20,21)22)24-13(16)2/h4-9H,3,10,12H2,1-2H3. The number of nitrogens with zero attached hydrogens (tertiary/aromatic N) is 3. The lowest BCUT2D eigenvalue weighted by Gasteiger charge is -2.23. The van der Waals surface area contributed by atoms with Crippen molar-refractivity contribution < 1.29 is 18.0 Å². The third kappa shape index (κ3) is 4.60. The Morgan fingerprint density at radius 1 is 1.19 bits per heavy atom. The van der Waals surface area contributed by atoms with Gasteiger partial charge in [-0.2, -0.15) is 18.4 Å². The first-order chi connectivity index (χ1) is 12.3. The number of halogens is 3. The zero-order valence-corrected chi connectivity index (χ0v) is 14.5. The summed E-state index contributed by atoms with van der Waals surface area (Å²) >= 11 is 0. The molecule has 0 spiro atoms. The van der Waals surface area contributed by atoms with Crippen LogP contribution in [-0.2, 0) is 12.7 Å².